The summed E-state index contributed by atoms with van der Waals surface area (Å²) in [6.45, 7) is 1.98. The molecule has 21 heavy (non-hydrogen) atoms. The molecule has 0 radical (unpaired) electrons. The number of hydrogen-bond acceptors (Lipinski definition) is 1. The second kappa shape index (κ2) is 7.48. The number of benzene rings is 2. The molecule has 1 atom stereocenters. The van der Waals surface area contributed by atoms with Crippen LogP contribution in [0.4, 0.5) is 0 Å². The Balaban J connectivity index is 1.95. The summed E-state index contributed by atoms with van der Waals surface area (Å²) in [6, 6.07) is 15.0. The molecule has 0 bridgehead atoms. The topological polar surface area (TPSA) is 29.1 Å². The quantitative estimate of drug-likeness (QED) is 0.810. The van der Waals surface area contributed by atoms with Crippen molar-refractivity contribution >= 4 is 29.1 Å². The predicted octanol–water partition coefficient (Wildman–Crippen LogP) is 4.44. The van der Waals surface area contributed by atoms with E-state index in [0.29, 0.717) is 16.5 Å². The summed E-state index contributed by atoms with van der Waals surface area (Å²) in [6.07, 6.45) is 0.742. The van der Waals surface area contributed by atoms with Crippen LogP contribution >= 0.6 is 23.2 Å². The number of carbonyl (C=O) groups is 1. The van der Waals surface area contributed by atoms with Crippen LogP contribution in [0.3, 0.4) is 0 Å². The summed E-state index contributed by atoms with van der Waals surface area (Å²) in [5.74, 6) is 0.373. The molecule has 0 heterocycles. The highest BCUT2D eigenvalue weighted by atomic mass is 35.5. The molecule has 2 aromatic carbocycles. The van der Waals surface area contributed by atoms with E-state index in [1.807, 2.05) is 43.3 Å². The summed E-state index contributed by atoms with van der Waals surface area (Å²) in [5.41, 5.74) is 2.75. The van der Waals surface area contributed by atoms with E-state index in [1.54, 1.807) is 12.1 Å². The number of rotatable bonds is 5. The van der Waals surface area contributed by atoms with Crippen LogP contribution in [0.5, 0.6) is 0 Å². The van der Waals surface area contributed by atoms with Crippen molar-refractivity contribution in [2.45, 2.75) is 25.3 Å². The maximum absolute atomic E-state index is 12.1. The molecule has 2 aromatic rings. The Morgan fingerprint density at radius 1 is 1.14 bits per heavy atom. The van der Waals surface area contributed by atoms with Crippen LogP contribution in [-0.2, 0) is 12.3 Å². The van der Waals surface area contributed by atoms with Crippen molar-refractivity contribution in [2.75, 3.05) is 0 Å². The van der Waals surface area contributed by atoms with E-state index in [2.05, 4.69) is 5.32 Å². The Morgan fingerprint density at radius 3 is 2.48 bits per heavy atom. The highest BCUT2D eigenvalue weighted by Crippen LogP contribution is 2.13. The maximum atomic E-state index is 12.1. The Kier molecular flexibility index (Phi) is 5.66. The van der Waals surface area contributed by atoms with Crippen LogP contribution < -0.4 is 5.32 Å². The van der Waals surface area contributed by atoms with Gasteiger partial charge in [-0.3, -0.25) is 4.79 Å². The van der Waals surface area contributed by atoms with Crippen LogP contribution in [-0.4, -0.2) is 11.9 Å². The summed E-state index contributed by atoms with van der Waals surface area (Å²) < 4.78 is 0. The largest absolute Gasteiger partial charge is 0.349 e. The zero-order valence-electron chi connectivity index (χ0n) is 11.8. The van der Waals surface area contributed by atoms with Gasteiger partial charge in [-0.2, -0.15) is 0 Å². The van der Waals surface area contributed by atoms with E-state index < -0.39 is 0 Å². The first kappa shape index (κ1) is 15.9. The molecule has 1 amide bonds. The summed E-state index contributed by atoms with van der Waals surface area (Å²) in [4.78, 5) is 12.1. The lowest BCUT2D eigenvalue weighted by Crippen LogP contribution is -2.34. The van der Waals surface area contributed by atoms with Crippen molar-refractivity contribution in [2.24, 2.45) is 0 Å². The van der Waals surface area contributed by atoms with Gasteiger partial charge in [0.05, 0.1) is 0 Å². The van der Waals surface area contributed by atoms with Crippen LogP contribution in [0.15, 0.2) is 48.5 Å². The molecule has 0 aliphatic rings. The molecular weight excluding hydrogens is 305 g/mol. The molecule has 0 saturated heterocycles. The Hall–Kier alpha value is -1.51. The van der Waals surface area contributed by atoms with Gasteiger partial charge in [0, 0.05) is 22.5 Å². The second-order valence-corrected chi connectivity index (χ2v) is 5.74. The molecule has 4 heteroatoms. The van der Waals surface area contributed by atoms with E-state index in [0.717, 1.165) is 17.5 Å². The number of carbonyl (C=O) groups excluding carboxylic acids is 1. The average molecular weight is 322 g/mol. The van der Waals surface area contributed by atoms with E-state index in [4.69, 9.17) is 23.2 Å². The van der Waals surface area contributed by atoms with Crippen LogP contribution in [0.25, 0.3) is 0 Å². The van der Waals surface area contributed by atoms with Gasteiger partial charge < -0.3 is 5.32 Å². The molecule has 0 saturated carbocycles. The monoisotopic (exact) mass is 321 g/mol. The minimum Gasteiger partial charge on any atom is -0.349 e. The predicted molar refractivity (Wildman–Crippen MR) is 88.1 cm³/mol. The molecule has 2 rings (SSSR count). The van der Waals surface area contributed by atoms with Crippen LogP contribution in [0.2, 0.25) is 5.02 Å². The van der Waals surface area contributed by atoms with Crippen LogP contribution in [0, 0.1) is 0 Å². The third-order valence-electron chi connectivity index (χ3n) is 3.18. The second-order valence-electron chi connectivity index (χ2n) is 5.04. The van der Waals surface area contributed by atoms with E-state index in [1.165, 1.54) is 0 Å². The van der Waals surface area contributed by atoms with Gasteiger partial charge in [-0.15, -0.1) is 11.6 Å². The maximum Gasteiger partial charge on any atom is 0.251 e. The molecule has 2 nitrogen and oxygen atoms in total. The molecule has 110 valence electrons. The van der Waals surface area contributed by atoms with Gasteiger partial charge in [-0.25, -0.2) is 0 Å². The van der Waals surface area contributed by atoms with Gasteiger partial charge in [-0.1, -0.05) is 35.9 Å². The lowest BCUT2D eigenvalue weighted by atomic mass is 10.1. The Labute approximate surface area is 135 Å². The summed E-state index contributed by atoms with van der Waals surface area (Å²) >= 11 is 11.7. The third kappa shape index (κ3) is 4.76. The fraction of sp³-hybridized carbons (Fsp3) is 0.235. The van der Waals surface area contributed by atoms with Crippen molar-refractivity contribution in [1.82, 2.24) is 5.32 Å². The molecule has 0 aliphatic carbocycles. The smallest absolute Gasteiger partial charge is 0.251 e. The lowest BCUT2D eigenvalue weighted by Gasteiger charge is -2.14. The number of alkyl halides is 1. The normalized spacial score (nSPS) is 12.0. The first-order chi connectivity index (χ1) is 10.1. The standard InChI is InChI=1S/C17H17Cl2NO/c1-12(9-14-3-2-4-16(19)10-14)20-17(21)15-7-5-13(11-18)6-8-15/h2-8,10,12H,9,11H2,1H3,(H,20,21). The van der Waals surface area contributed by atoms with E-state index >= 15 is 0 Å². The molecule has 0 fully saturated rings. The molecule has 1 unspecified atom stereocenters. The van der Waals surface area contributed by atoms with E-state index in [9.17, 15) is 4.79 Å². The molecular formula is C17H17Cl2NO. The van der Waals surface area contributed by atoms with Gasteiger partial charge in [0.2, 0.25) is 0 Å². The van der Waals surface area contributed by atoms with Crippen LogP contribution in [0.1, 0.15) is 28.4 Å². The first-order valence-corrected chi connectivity index (χ1v) is 7.70. The fourth-order valence-corrected chi connectivity index (χ4v) is 2.51. The fourth-order valence-electron chi connectivity index (χ4n) is 2.12. The van der Waals surface area contributed by atoms with Gasteiger partial charge >= 0.3 is 0 Å². The van der Waals surface area contributed by atoms with Crippen molar-refractivity contribution in [1.29, 1.82) is 0 Å². The highest BCUT2D eigenvalue weighted by Gasteiger charge is 2.10. The molecule has 0 aromatic heterocycles. The summed E-state index contributed by atoms with van der Waals surface area (Å²) in [5, 5.41) is 3.70. The van der Waals surface area contributed by atoms with Gasteiger partial charge in [0.15, 0.2) is 0 Å². The number of halogens is 2. The number of nitrogens with one attached hydrogen (secondary N) is 1. The Morgan fingerprint density at radius 2 is 1.86 bits per heavy atom. The summed E-state index contributed by atoms with van der Waals surface area (Å²) in [7, 11) is 0. The Bertz CT molecular complexity index is 610. The van der Waals surface area contributed by atoms with Gasteiger partial charge in [0.1, 0.15) is 0 Å². The SMILES string of the molecule is CC(Cc1cccc(Cl)c1)NC(=O)c1ccc(CCl)cc1. The third-order valence-corrected chi connectivity index (χ3v) is 3.72. The van der Waals surface area contributed by atoms with Gasteiger partial charge in [0.25, 0.3) is 5.91 Å². The lowest BCUT2D eigenvalue weighted by molar-refractivity contribution is 0.0940. The molecule has 0 spiro atoms. The first-order valence-electron chi connectivity index (χ1n) is 6.78. The zero-order chi connectivity index (χ0) is 15.2. The van der Waals surface area contributed by atoms with Gasteiger partial charge in [-0.05, 0) is 48.7 Å². The minimum absolute atomic E-state index is 0.0312. The number of amides is 1. The van der Waals surface area contributed by atoms with E-state index in [-0.39, 0.29) is 11.9 Å². The highest BCUT2D eigenvalue weighted by molar-refractivity contribution is 6.30. The van der Waals surface area contributed by atoms with Crippen molar-refractivity contribution in [3.8, 4) is 0 Å². The number of hydrogen-bond donors (Lipinski definition) is 1. The minimum atomic E-state index is -0.0781. The molecule has 0 aliphatic heterocycles. The van der Waals surface area contributed by atoms with Crippen molar-refractivity contribution in [3.05, 3.63) is 70.2 Å². The van der Waals surface area contributed by atoms with Crippen molar-refractivity contribution < 1.29 is 4.79 Å². The average Bonchev–Trinajstić information content (AvgIpc) is 2.47. The zero-order valence-corrected chi connectivity index (χ0v) is 13.3. The molecule has 1 N–H and O–H groups in total. The van der Waals surface area contributed by atoms with Crippen molar-refractivity contribution in [3.63, 3.8) is 0 Å².